The summed E-state index contributed by atoms with van der Waals surface area (Å²) in [6.07, 6.45) is 2.94. The number of nitrogens with zero attached hydrogens (tertiary/aromatic N) is 13. The minimum absolute atomic E-state index is 0. The van der Waals surface area contributed by atoms with E-state index in [0.717, 1.165) is 36.9 Å². The van der Waals surface area contributed by atoms with Gasteiger partial charge in [-0.05, 0) is 149 Å². The second kappa shape index (κ2) is 45.3. The molecule has 6 aliphatic heterocycles. The van der Waals surface area contributed by atoms with Crippen molar-refractivity contribution in [2.75, 3.05) is 76.0 Å². The Kier molecular flexibility index (Phi) is 39.3. The van der Waals surface area contributed by atoms with Gasteiger partial charge in [-0.2, -0.15) is 14.0 Å². The summed E-state index contributed by atoms with van der Waals surface area (Å²) in [7, 11) is 0. The van der Waals surface area contributed by atoms with Crippen molar-refractivity contribution >= 4 is 146 Å². The maximum Gasteiger partial charge on any atom is 1.00 e. The van der Waals surface area contributed by atoms with Crippen LogP contribution in [0, 0.1) is 17.8 Å². The average Bonchev–Trinajstić information content (AvgIpc) is 0.782. The number of nitrogens with one attached hydrogen (secondary N) is 2. The number of benzene rings is 3. The molecule has 3 unspecified atom stereocenters. The summed E-state index contributed by atoms with van der Waals surface area (Å²) in [6, 6.07) is 11.4. The van der Waals surface area contributed by atoms with Crippen molar-refractivity contribution in [1.82, 2.24) is 75.2 Å². The number of hydrogen-bond donors (Lipinski definition) is 5. The van der Waals surface area contributed by atoms with Gasteiger partial charge in [-0.25, -0.2) is 19.4 Å². The standard InChI is InChI=1S/C24H30N6O7.C19H22N6O5.C12H20ClNO4.C12H11N5O3.CH2O3.CH4.ClH.2Cs.H/c1-24(2,3)37-23(35)28-11-9-14(10-12-28)22(34)36-13-29-18(31)8-7-17(20(29)32)30-21(33)19-15(25)5-4-6-16(19)26-27-30;20-12-2-1-3-13-16(12)18(28)25(23-22-13)14-4-5-15(26)24(17(14)27)10-30-19(29)11-6-8-21-9-7-11;1-12(2,3)18-11(16)14-6-4-9(5-7-14)10(15)17-8-13;13-6-2-1-3-7-10(6)12(20)17(16-15-7)8-4-5-9(18)14-11(8)19;2-1-4-3;;;;;/h4-6,14,17H,7-13,25H2,1-3H3;1-3,11,14,21H,4-10,20H2;9H,4-8H2,1-3H3;1-3,8H,4-5,13H2,(H,14,18,19);1,3H;1H4;1H;;;/q;;;;;;;2*+1;-1/p-1. The molecule has 44 heteroatoms. The molecule has 0 bridgehead atoms. The van der Waals surface area contributed by atoms with E-state index in [4.69, 9.17) is 62.5 Å². The molecule has 9 heterocycles. The van der Waals surface area contributed by atoms with Gasteiger partial charge in [-0.15, -0.1) is 27.7 Å². The Morgan fingerprint density at radius 2 is 0.858 bits per heavy atom. The Morgan fingerprint density at radius 3 is 1.19 bits per heavy atom. The number of esters is 3. The molecule has 0 spiro atoms. The Labute approximate surface area is 776 Å². The average molecular weight is 1860 g/mol. The number of hydrogen-bond acceptors (Lipinski definition) is 32. The monoisotopic (exact) mass is 1860 g/mol. The van der Waals surface area contributed by atoms with Crippen molar-refractivity contribution in [3.63, 3.8) is 0 Å². The number of amides is 8. The summed E-state index contributed by atoms with van der Waals surface area (Å²) < 4.78 is 28.8. The van der Waals surface area contributed by atoms with Crippen molar-refractivity contribution < 1.29 is 231 Å². The quantitative estimate of drug-likeness (QED) is 0.0114. The number of aromatic nitrogens is 9. The van der Waals surface area contributed by atoms with Crippen LogP contribution >= 0.6 is 24.0 Å². The molecule has 8 amide bonds. The molecule has 0 radical (unpaired) electrons. The number of carbonyl (C=O) groups excluding carboxylic acids is 12. The topological polar surface area (TPSA) is 542 Å². The molecule has 12 rings (SSSR count). The predicted molar refractivity (Wildman–Crippen MR) is 394 cm³/mol. The molecule has 3 aromatic carbocycles. The number of fused-ring (bicyclic) bond motifs is 3. The van der Waals surface area contributed by atoms with Gasteiger partial charge >= 0.3 is 168 Å². The van der Waals surface area contributed by atoms with E-state index in [-0.39, 0.29) is 273 Å². The van der Waals surface area contributed by atoms with Gasteiger partial charge in [0.15, 0.2) is 19.5 Å². The molecule has 6 saturated heterocycles. The summed E-state index contributed by atoms with van der Waals surface area (Å²) >= 11 is 5.34. The van der Waals surface area contributed by atoms with Gasteiger partial charge < -0.3 is 67.6 Å². The fraction of sp³-hybridized carbons (Fsp3) is 0.522. The van der Waals surface area contributed by atoms with Gasteiger partial charge in [-0.1, -0.05) is 52.9 Å². The van der Waals surface area contributed by atoms with Crippen LogP contribution in [0.3, 0.4) is 0 Å². The number of nitrogens with two attached hydrogens (primary N) is 3. The van der Waals surface area contributed by atoms with E-state index in [0.29, 0.717) is 81.3 Å². The Hall–Kier alpha value is -7.29. The molecule has 0 aliphatic carbocycles. The van der Waals surface area contributed by atoms with Gasteiger partial charge in [-0.3, -0.25) is 67.6 Å². The Morgan fingerprint density at radius 1 is 0.531 bits per heavy atom. The van der Waals surface area contributed by atoms with E-state index in [2.05, 4.69) is 46.5 Å². The number of carbonyl (C=O) groups is 12. The molecule has 6 aliphatic rings. The zero-order valence-electron chi connectivity index (χ0n) is 63.9. The van der Waals surface area contributed by atoms with Crippen molar-refractivity contribution in [2.24, 2.45) is 17.8 Å². The number of alkyl halides is 1. The molecular weight excluding hydrogens is 1770 g/mol. The van der Waals surface area contributed by atoms with E-state index in [1.807, 2.05) is 20.8 Å². The van der Waals surface area contributed by atoms with Gasteiger partial charge in [0.2, 0.25) is 17.7 Å². The summed E-state index contributed by atoms with van der Waals surface area (Å²) in [5.41, 5.74) is 16.6. The molecule has 3 atom stereocenters. The van der Waals surface area contributed by atoms with Crippen LogP contribution in [-0.2, 0) is 76.5 Å². The van der Waals surface area contributed by atoms with Gasteiger partial charge in [0.25, 0.3) is 40.9 Å². The van der Waals surface area contributed by atoms with Gasteiger partial charge in [0.1, 0.15) is 45.9 Å². The number of rotatable bonds is 12. The smallest absolute Gasteiger partial charge is 1.00 e. The number of ether oxygens (including phenoxy) is 5. The zero-order chi connectivity index (χ0) is 79.6. The molecule has 40 nitrogen and oxygen atoms in total. The zero-order valence-corrected chi connectivity index (χ0v) is 77.0. The van der Waals surface area contributed by atoms with Crippen LogP contribution in [0.2, 0.25) is 0 Å². The molecule has 3 aromatic heterocycles. The molecule has 113 heavy (non-hydrogen) atoms. The first-order valence-corrected chi connectivity index (χ1v) is 35.2. The van der Waals surface area contributed by atoms with Crippen molar-refractivity contribution in [3.8, 4) is 0 Å². The van der Waals surface area contributed by atoms with E-state index >= 15 is 0 Å². The van der Waals surface area contributed by atoms with Crippen LogP contribution in [0.1, 0.15) is 146 Å². The summed E-state index contributed by atoms with van der Waals surface area (Å²) in [5, 5.41) is 37.7. The van der Waals surface area contributed by atoms with Crippen LogP contribution in [0.4, 0.5) is 26.7 Å². The summed E-state index contributed by atoms with van der Waals surface area (Å²) in [6.45, 7) is 12.7. The van der Waals surface area contributed by atoms with Crippen LogP contribution in [-0.4, -0.2) is 207 Å². The first-order valence-electron chi connectivity index (χ1n) is 34.6. The maximum absolute atomic E-state index is 13.1. The number of halogens is 2. The van der Waals surface area contributed by atoms with Gasteiger partial charge in [0, 0.05) is 62.5 Å². The number of anilines is 3. The van der Waals surface area contributed by atoms with Crippen molar-refractivity contribution in [1.29, 1.82) is 0 Å². The van der Waals surface area contributed by atoms with E-state index in [1.54, 1.807) is 80.3 Å². The van der Waals surface area contributed by atoms with Crippen LogP contribution in [0.15, 0.2) is 69.0 Å². The van der Waals surface area contributed by atoms with E-state index in [9.17, 15) is 67.1 Å². The van der Waals surface area contributed by atoms with Crippen molar-refractivity contribution in [2.45, 2.75) is 155 Å². The first kappa shape index (κ1) is 98.1. The van der Waals surface area contributed by atoms with E-state index in [1.165, 1.54) is 4.90 Å². The molecule has 6 fully saturated rings. The van der Waals surface area contributed by atoms with Crippen LogP contribution in [0.5, 0.6) is 0 Å². The summed E-state index contributed by atoms with van der Waals surface area (Å²) in [4.78, 5) is 188. The number of nitrogen functional groups attached to an aromatic ring is 3. The second-order valence-corrected chi connectivity index (χ2v) is 27.8. The largest absolute Gasteiger partial charge is 1.00 e. The molecule has 8 N–H and O–H groups in total. The second-order valence-electron chi connectivity index (χ2n) is 27.6. The fourth-order valence-electron chi connectivity index (χ4n) is 12.2. The third-order valence-electron chi connectivity index (χ3n) is 17.8. The minimum atomic E-state index is -1.09. The number of likely N-dealkylation sites (tertiary alicyclic amines) is 4. The molecule has 6 aromatic rings. The Balaban J connectivity index is 0.000000395. The van der Waals surface area contributed by atoms with Crippen LogP contribution in [0.25, 0.3) is 32.7 Å². The first-order chi connectivity index (χ1) is 51.7. The fourth-order valence-corrected chi connectivity index (χ4v) is 12.3. The third kappa shape index (κ3) is 26.4. The van der Waals surface area contributed by atoms with E-state index < -0.39 is 113 Å². The predicted octanol–water partition coefficient (Wildman–Crippen LogP) is -3.89. The third-order valence-corrected chi connectivity index (χ3v) is 17.9. The Bertz CT molecular complexity index is 4630. The van der Waals surface area contributed by atoms with Crippen LogP contribution < -0.4 is 188 Å². The summed E-state index contributed by atoms with van der Waals surface area (Å²) in [5.74, 6) is -5.45. The minimum Gasteiger partial charge on any atom is -1.00 e. The van der Waals surface area contributed by atoms with Gasteiger partial charge in [0.05, 0.1) is 33.9 Å². The molecular formula is C69H90Cl2Cs2N18O22. The molecule has 604 valence electrons. The number of imide groups is 3. The van der Waals surface area contributed by atoms with Crippen molar-refractivity contribution in [3.05, 3.63) is 85.7 Å². The molecule has 0 saturated carbocycles. The maximum atomic E-state index is 13.1. The normalized spacial score (nSPS) is 18.1. The number of piperidine rings is 6. The SMILES string of the molecule is C.CC(C)(C)OC(=O)N1CCC(C(=O)OCCl)CC1.CC(C)(C)OC(=O)N1CCC(C(=O)OCN2C(=O)CCC(n3nnc4cccc(N)c4c3=O)C2=O)CC1.Cl.Nc1cccc2nnn(C3CCC(=O)N(COC(=O)C4CCNCC4)C3=O)c(=O)c12.Nc1cccc2nnn(C3CCC(=O)NC3=O)c(=O)c12.O=CO[O-].[Cs+].[Cs+].[H-].